The number of benzene rings is 1. The molecule has 1 aromatic rings. The highest BCUT2D eigenvalue weighted by atomic mass is 35.5. The lowest BCUT2D eigenvalue weighted by molar-refractivity contribution is 0.0682. The second-order valence-corrected chi connectivity index (χ2v) is 3.26. The fraction of sp³-hybridized carbons (Fsp3) is 0. The van der Waals surface area contributed by atoms with E-state index < -0.39 is 11.9 Å². The first-order valence-electron chi connectivity index (χ1n) is 3.85. The lowest BCUT2D eigenvalue weighted by atomic mass is 10.1. The van der Waals surface area contributed by atoms with Gasteiger partial charge in [-0.3, -0.25) is 0 Å². The highest BCUT2D eigenvalue weighted by molar-refractivity contribution is 7.78. The Morgan fingerprint density at radius 3 is 2.38 bits per heavy atom. The van der Waals surface area contributed by atoms with Crippen molar-refractivity contribution < 1.29 is 19.8 Å². The van der Waals surface area contributed by atoms with Gasteiger partial charge in [0.2, 0.25) is 0 Å². The van der Waals surface area contributed by atoms with E-state index in [0.717, 1.165) is 12.1 Å². The fourth-order valence-corrected chi connectivity index (χ4v) is 1.46. The number of carbonyl (C=O) groups is 2. The second-order valence-electron chi connectivity index (χ2n) is 2.67. The summed E-state index contributed by atoms with van der Waals surface area (Å²) in [6.07, 6.45) is 0. The van der Waals surface area contributed by atoms with Gasteiger partial charge in [0, 0.05) is 0 Å². The summed E-state index contributed by atoms with van der Waals surface area (Å²) >= 11 is 9.98. The largest absolute Gasteiger partial charge is 0.478 e. The molecular formula is C9H4ClNO4S. The van der Waals surface area contributed by atoms with Crippen molar-refractivity contribution in [1.29, 1.82) is 0 Å². The molecule has 7 heteroatoms. The zero-order chi connectivity index (χ0) is 12.3. The van der Waals surface area contributed by atoms with Crippen molar-refractivity contribution in [3.05, 3.63) is 28.3 Å². The Labute approximate surface area is 100.0 Å². The highest BCUT2D eigenvalue weighted by Gasteiger charge is 2.18. The highest BCUT2D eigenvalue weighted by Crippen LogP contribution is 2.28. The van der Waals surface area contributed by atoms with E-state index in [-0.39, 0.29) is 21.8 Å². The first-order valence-corrected chi connectivity index (χ1v) is 4.64. The van der Waals surface area contributed by atoms with Gasteiger partial charge in [0.1, 0.15) is 5.56 Å². The minimum absolute atomic E-state index is 0.132. The number of thiocarbonyl (C=S) groups is 1. The molecule has 5 nitrogen and oxygen atoms in total. The van der Waals surface area contributed by atoms with Crippen LogP contribution in [0, 0.1) is 0 Å². The number of hydrogen-bond acceptors (Lipinski definition) is 4. The molecule has 0 saturated heterocycles. The molecule has 0 aliphatic carbocycles. The molecule has 1 rings (SSSR count). The Kier molecular flexibility index (Phi) is 3.73. The molecule has 1 aromatic carbocycles. The van der Waals surface area contributed by atoms with Gasteiger partial charge >= 0.3 is 11.9 Å². The van der Waals surface area contributed by atoms with E-state index in [1.54, 1.807) is 0 Å². The Hall–Kier alpha value is -1.75. The van der Waals surface area contributed by atoms with Crippen molar-refractivity contribution >= 4 is 46.6 Å². The van der Waals surface area contributed by atoms with Crippen LogP contribution in [0.5, 0.6) is 0 Å². The van der Waals surface area contributed by atoms with Crippen LogP contribution in [-0.4, -0.2) is 27.3 Å². The summed E-state index contributed by atoms with van der Waals surface area (Å²) in [5.74, 6) is -2.55. The SMILES string of the molecule is O=C(O)c1cc(Cl)c(C(=O)O)c(N=C=S)c1. The zero-order valence-electron chi connectivity index (χ0n) is 7.60. The van der Waals surface area contributed by atoms with Crippen LogP contribution in [0.15, 0.2) is 17.1 Å². The molecule has 2 N–H and O–H groups in total. The van der Waals surface area contributed by atoms with Crippen molar-refractivity contribution in [2.45, 2.75) is 0 Å². The first kappa shape index (κ1) is 12.3. The van der Waals surface area contributed by atoms with Crippen LogP contribution in [0.1, 0.15) is 20.7 Å². The third kappa shape index (κ3) is 2.43. The van der Waals surface area contributed by atoms with Crippen LogP contribution in [0.3, 0.4) is 0 Å². The number of hydrogen-bond donors (Lipinski definition) is 2. The predicted molar refractivity (Wildman–Crippen MR) is 60.1 cm³/mol. The Morgan fingerprint density at radius 1 is 1.31 bits per heavy atom. The average molecular weight is 258 g/mol. The van der Waals surface area contributed by atoms with Gasteiger partial charge in [0.25, 0.3) is 0 Å². The molecule has 0 unspecified atom stereocenters. The van der Waals surface area contributed by atoms with Crippen molar-refractivity contribution in [1.82, 2.24) is 0 Å². The fourth-order valence-electron chi connectivity index (χ4n) is 1.06. The molecule has 0 aromatic heterocycles. The smallest absolute Gasteiger partial charge is 0.339 e. The van der Waals surface area contributed by atoms with E-state index in [1.165, 1.54) is 0 Å². The number of carboxylic acids is 2. The molecule has 0 aliphatic rings. The number of carboxylic acid groups (broad SMARTS) is 2. The van der Waals surface area contributed by atoms with Crippen LogP contribution < -0.4 is 0 Å². The van der Waals surface area contributed by atoms with Crippen LogP contribution >= 0.6 is 23.8 Å². The van der Waals surface area contributed by atoms with Gasteiger partial charge in [0.05, 0.1) is 21.4 Å². The van der Waals surface area contributed by atoms with E-state index in [2.05, 4.69) is 17.2 Å². The van der Waals surface area contributed by atoms with E-state index >= 15 is 0 Å². The number of rotatable bonds is 3. The molecule has 0 fully saturated rings. The quantitative estimate of drug-likeness (QED) is 0.642. The van der Waals surface area contributed by atoms with Crippen LogP contribution in [0.25, 0.3) is 0 Å². The maximum absolute atomic E-state index is 10.8. The predicted octanol–water partition coefficient (Wildman–Crippen LogP) is 2.47. The van der Waals surface area contributed by atoms with Gasteiger partial charge in [-0.05, 0) is 24.4 Å². The van der Waals surface area contributed by atoms with Gasteiger partial charge in [0.15, 0.2) is 0 Å². The Morgan fingerprint density at radius 2 is 1.94 bits per heavy atom. The Balaban J connectivity index is 3.57. The molecular weight excluding hydrogens is 254 g/mol. The molecule has 82 valence electrons. The lowest BCUT2D eigenvalue weighted by Crippen LogP contribution is -2.02. The standard InChI is InChI=1S/C9H4ClNO4S/c10-5-1-4(8(12)13)2-6(11-3-16)7(5)9(14)15/h1-2H,(H,12,13)(H,14,15). The minimum Gasteiger partial charge on any atom is -0.478 e. The minimum atomic E-state index is -1.31. The molecule has 0 atom stereocenters. The maximum atomic E-state index is 10.8. The van der Waals surface area contributed by atoms with E-state index in [0.29, 0.717) is 0 Å². The molecule has 0 heterocycles. The molecule has 0 radical (unpaired) electrons. The molecule has 0 aliphatic heterocycles. The topological polar surface area (TPSA) is 87.0 Å². The maximum Gasteiger partial charge on any atom is 0.339 e. The number of halogens is 1. The average Bonchev–Trinajstić information content (AvgIpc) is 2.16. The van der Waals surface area contributed by atoms with Crippen molar-refractivity contribution in [2.75, 3.05) is 0 Å². The van der Waals surface area contributed by atoms with Gasteiger partial charge in [-0.2, -0.15) is 4.99 Å². The summed E-state index contributed by atoms with van der Waals surface area (Å²) < 4.78 is 0. The molecule has 0 bridgehead atoms. The summed E-state index contributed by atoms with van der Waals surface area (Å²) in [5.41, 5.74) is -0.601. The summed E-state index contributed by atoms with van der Waals surface area (Å²) in [6, 6.07) is 2.10. The van der Waals surface area contributed by atoms with Gasteiger partial charge in [-0.1, -0.05) is 11.6 Å². The molecule has 0 saturated carbocycles. The zero-order valence-corrected chi connectivity index (χ0v) is 9.17. The summed E-state index contributed by atoms with van der Waals surface area (Å²) in [4.78, 5) is 25.0. The van der Waals surface area contributed by atoms with Gasteiger partial charge in [-0.15, -0.1) is 0 Å². The molecule has 16 heavy (non-hydrogen) atoms. The lowest BCUT2D eigenvalue weighted by Gasteiger charge is -2.04. The second kappa shape index (κ2) is 4.85. The summed E-state index contributed by atoms with van der Waals surface area (Å²) in [6.45, 7) is 0. The third-order valence-electron chi connectivity index (χ3n) is 1.70. The first-order chi connectivity index (χ1) is 7.47. The van der Waals surface area contributed by atoms with Gasteiger partial charge in [-0.25, -0.2) is 9.59 Å². The van der Waals surface area contributed by atoms with Crippen molar-refractivity contribution in [3.8, 4) is 0 Å². The van der Waals surface area contributed by atoms with Crippen molar-refractivity contribution in [2.24, 2.45) is 4.99 Å². The van der Waals surface area contributed by atoms with E-state index in [1.807, 2.05) is 5.16 Å². The van der Waals surface area contributed by atoms with Crippen LogP contribution in [0.2, 0.25) is 5.02 Å². The van der Waals surface area contributed by atoms with E-state index in [4.69, 9.17) is 21.8 Å². The summed E-state index contributed by atoms with van der Waals surface area (Å²) in [7, 11) is 0. The monoisotopic (exact) mass is 257 g/mol. The molecule has 0 spiro atoms. The van der Waals surface area contributed by atoms with E-state index in [9.17, 15) is 9.59 Å². The van der Waals surface area contributed by atoms with Crippen molar-refractivity contribution in [3.63, 3.8) is 0 Å². The normalized spacial score (nSPS) is 9.31. The number of aromatic carboxylic acids is 2. The van der Waals surface area contributed by atoms with Gasteiger partial charge < -0.3 is 10.2 Å². The Bertz CT molecular complexity index is 522. The van der Waals surface area contributed by atoms with Crippen LogP contribution in [-0.2, 0) is 0 Å². The number of aliphatic imine (C=N–C) groups is 1. The summed E-state index contributed by atoms with van der Waals surface area (Å²) in [5, 5.41) is 19.3. The third-order valence-corrected chi connectivity index (χ3v) is 2.09. The molecule has 0 amide bonds. The number of nitrogens with zero attached hydrogens (tertiary/aromatic N) is 1. The van der Waals surface area contributed by atoms with Crippen LogP contribution in [0.4, 0.5) is 5.69 Å². The number of isothiocyanates is 1.